The fraction of sp³-hybridized carbons (Fsp3) is 0.167. The van der Waals surface area contributed by atoms with Crippen molar-refractivity contribution in [2.75, 3.05) is 6.61 Å². The molecule has 124 valence electrons. The van der Waals surface area contributed by atoms with E-state index in [1.807, 2.05) is 31.2 Å². The summed E-state index contributed by atoms with van der Waals surface area (Å²) in [6.45, 7) is 1.44. The Kier molecular flexibility index (Phi) is 6.08. The molecule has 24 heavy (non-hydrogen) atoms. The topological polar surface area (TPSA) is 84.5 Å². The molecule has 6 nitrogen and oxygen atoms in total. The zero-order valence-electron chi connectivity index (χ0n) is 13.2. The van der Waals surface area contributed by atoms with Crippen molar-refractivity contribution in [1.82, 2.24) is 10.9 Å². The highest BCUT2D eigenvalue weighted by atomic mass is 16.5. The molecule has 0 aromatic heterocycles. The van der Waals surface area contributed by atoms with Crippen LogP contribution in [-0.4, -0.2) is 24.4 Å². The molecule has 2 amide bonds. The first-order chi connectivity index (χ1) is 11.6. The van der Waals surface area contributed by atoms with Crippen LogP contribution in [0.5, 0.6) is 0 Å². The van der Waals surface area contributed by atoms with Crippen molar-refractivity contribution < 1.29 is 19.1 Å². The van der Waals surface area contributed by atoms with Crippen LogP contribution in [0.1, 0.15) is 21.5 Å². The Morgan fingerprint density at radius 1 is 0.917 bits per heavy atom. The van der Waals surface area contributed by atoms with E-state index in [1.165, 1.54) is 0 Å². The summed E-state index contributed by atoms with van der Waals surface area (Å²) in [6.07, 6.45) is 0.0936. The number of hydrogen-bond donors (Lipinski definition) is 2. The Labute approximate surface area is 139 Å². The van der Waals surface area contributed by atoms with E-state index < -0.39 is 24.4 Å². The quantitative estimate of drug-likeness (QED) is 0.645. The van der Waals surface area contributed by atoms with Gasteiger partial charge in [0, 0.05) is 5.56 Å². The lowest BCUT2D eigenvalue weighted by atomic mass is 10.1. The molecule has 0 bridgehead atoms. The van der Waals surface area contributed by atoms with E-state index in [0.717, 1.165) is 11.1 Å². The Morgan fingerprint density at radius 3 is 2.29 bits per heavy atom. The maximum Gasteiger partial charge on any atom is 0.310 e. The standard InChI is InChI=1S/C18H18N2O4/c1-13-7-5-6-10-15(13)11-17(22)24-12-16(21)19-20-18(23)14-8-3-2-4-9-14/h2-10H,11-12H2,1H3,(H,19,21)(H,20,23). The van der Waals surface area contributed by atoms with E-state index >= 15 is 0 Å². The molecule has 0 aliphatic heterocycles. The molecule has 0 atom stereocenters. The average molecular weight is 326 g/mol. The minimum Gasteiger partial charge on any atom is -0.455 e. The van der Waals surface area contributed by atoms with E-state index in [4.69, 9.17) is 4.74 Å². The molecule has 0 heterocycles. The summed E-state index contributed by atoms with van der Waals surface area (Å²) >= 11 is 0. The molecule has 0 radical (unpaired) electrons. The molecule has 0 saturated heterocycles. The molecular formula is C18H18N2O4. The molecule has 0 saturated carbocycles. The second-order valence-electron chi connectivity index (χ2n) is 5.13. The monoisotopic (exact) mass is 326 g/mol. The van der Waals surface area contributed by atoms with Gasteiger partial charge in [-0.3, -0.25) is 25.2 Å². The van der Waals surface area contributed by atoms with Gasteiger partial charge >= 0.3 is 5.97 Å². The van der Waals surface area contributed by atoms with Crippen molar-refractivity contribution in [1.29, 1.82) is 0 Å². The normalized spacial score (nSPS) is 9.88. The van der Waals surface area contributed by atoms with Gasteiger partial charge in [0.15, 0.2) is 6.61 Å². The first-order valence-corrected chi connectivity index (χ1v) is 7.40. The van der Waals surface area contributed by atoms with Gasteiger partial charge in [0.25, 0.3) is 11.8 Å². The van der Waals surface area contributed by atoms with Crippen LogP contribution in [0.25, 0.3) is 0 Å². The highest BCUT2D eigenvalue weighted by Crippen LogP contribution is 2.08. The molecule has 2 rings (SSSR count). The fourth-order valence-electron chi connectivity index (χ4n) is 1.99. The largest absolute Gasteiger partial charge is 0.455 e. The third kappa shape index (κ3) is 5.24. The van der Waals surface area contributed by atoms with Crippen LogP contribution in [0.15, 0.2) is 54.6 Å². The van der Waals surface area contributed by atoms with E-state index in [1.54, 1.807) is 30.3 Å². The maximum absolute atomic E-state index is 11.7. The molecule has 0 unspecified atom stereocenters. The van der Waals surface area contributed by atoms with Crippen molar-refractivity contribution in [3.8, 4) is 0 Å². The van der Waals surface area contributed by atoms with E-state index in [2.05, 4.69) is 10.9 Å². The van der Waals surface area contributed by atoms with Gasteiger partial charge in [-0.05, 0) is 30.2 Å². The number of aryl methyl sites for hydroxylation is 1. The molecule has 0 aliphatic rings. The predicted molar refractivity (Wildman–Crippen MR) is 87.9 cm³/mol. The number of ether oxygens (including phenoxy) is 1. The van der Waals surface area contributed by atoms with Crippen molar-refractivity contribution in [2.24, 2.45) is 0 Å². The van der Waals surface area contributed by atoms with Crippen LogP contribution in [0.4, 0.5) is 0 Å². The van der Waals surface area contributed by atoms with Gasteiger partial charge in [-0.2, -0.15) is 0 Å². The van der Waals surface area contributed by atoms with Gasteiger partial charge in [-0.1, -0.05) is 42.5 Å². The van der Waals surface area contributed by atoms with Crippen molar-refractivity contribution >= 4 is 17.8 Å². The number of hydrazine groups is 1. The van der Waals surface area contributed by atoms with Crippen molar-refractivity contribution in [2.45, 2.75) is 13.3 Å². The lowest BCUT2D eigenvalue weighted by molar-refractivity contribution is -0.148. The van der Waals surface area contributed by atoms with Gasteiger partial charge in [-0.25, -0.2) is 0 Å². The van der Waals surface area contributed by atoms with Gasteiger partial charge in [0.1, 0.15) is 0 Å². The number of hydrogen-bond acceptors (Lipinski definition) is 4. The second-order valence-corrected chi connectivity index (χ2v) is 5.13. The minimum absolute atomic E-state index is 0.0936. The minimum atomic E-state index is -0.614. The van der Waals surface area contributed by atoms with Gasteiger partial charge in [-0.15, -0.1) is 0 Å². The molecule has 2 N–H and O–H groups in total. The Morgan fingerprint density at radius 2 is 1.58 bits per heavy atom. The summed E-state index contributed by atoms with van der Waals surface area (Å²) in [5.74, 6) is -1.57. The van der Waals surface area contributed by atoms with Crippen molar-refractivity contribution in [3.63, 3.8) is 0 Å². The summed E-state index contributed by atoms with van der Waals surface area (Å²) in [5.41, 5.74) is 6.69. The predicted octanol–water partition coefficient (Wildman–Crippen LogP) is 1.54. The summed E-state index contributed by atoms with van der Waals surface area (Å²) < 4.78 is 4.90. The molecule has 0 spiro atoms. The van der Waals surface area contributed by atoms with Crippen molar-refractivity contribution in [3.05, 3.63) is 71.3 Å². The second kappa shape index (κ2) is 8.47. The van der Waals surface area contributed by atoms with Gasteiger partial charge in [0.05, 0.1) is 6.42 Å². The lowest BCUT2D eigenvalue weighted by Crippen LogP contribution is -2.43. The third-order valence-electron chi connectivity index (χ3n) is 3.31. The smallest absolute Gasteiger partial charge is 0.310 e. The van der Waals surface area contributed by atoms with Gasteiger partial charge in [0.2, 0.25) is 0 Å². The van der Waals surface area contributed by atoms with Crippen LogP contribution in [0, 0.1) is 6.92 Å². The molecule has 0 fully saturated rings. The number of esters is 1. The van der Waals surface area contributed by atoms with Crippen LogP contribution >= 0.6 is 0 Å². The molecule has 6 heteroatoms. The first-order valence-electron chi connectivity index (χ1n) is 7.40. The Hall–Kier alpha value is -3.15. The number of carbonyl (C=O) groups excluding carboxylic acids is 3. The zero-order chi connectivity index (χ0) is 17.4. The molecule has 2 aromatic rings. The number of carbonyl (C=O) groups is 3. The molecule has 0 aliphatic carbocycles. The third-order valence-corrected chi connectivity index (χ3v) is 3.31. The van der Waals surface area contributed by atoms with Crippen LogP contribution in [-0.2, 0) is 20.7 Å². The lowest BCUT2D eigenvalue weighted by Gasteiger charge is -2.09. The zero-order valence-corrected chi connectivity index (χ0v) is 13.2. The summed E-state index contributed by atoms with van der Waals surface area (Å²) in [7, 11) is 0. The Balaban J connectivity index is 1.72. The molecular weight excluding hydrogens is 308 g/mol. The van der Waals surface area contributed by atoms with Crippen LogP contribution in [0.3, 0.4) is 0 Å². The maximum atomic E-state index is 11.7. The number of rotatable bonds is 5. The number of nitrogens with one attached hydrogen (secondary N) is 2. The summed E-state index contributed by atoms with van der Waals surface area (Å²) in [4.78, 5) is 35.1. The summed E-state index contributed by atoms with van der Waals surface area (Å²) in [5, 5.41) is 0. The number of amides is 2. The van der Waals surface area contributed by atoms with Crippen LogP contribution in [0.2, 0.25) is 0 Å². The van der Waals surface area contributed by atoms with Gasteiger partial charge < -0.3 is 4.74 Å². The Bertz CT molecular complexity index is 729. The molecule has 2 aromatic carbocycles. The number of benzene rings is 2. The summed E-state index contributed by atoms with van der Waals surface area (Å²) in [6, 6.07) is 15.9. The van der Waals surface area contributed by atoms with E-state index in [-0.39, 0.29) is 6.42 Å². The highest BCUT2D eigenvalue weighted by Gasteiger charge is 2.11. The fourth-order valence-corrected chi connectivity index (χ4v) is 1.99. The van der Waals surface area contributed by atoms with Crippen LogP contribution < -0.4 is 10.9 Å². The average Bonchev–Trinajstić information content (AvgIpc) is 2.60. The first kappa shape index (κ1) is 17.2. The highest BCUT2D eigenvalue weighted by molar-refractivity contribution is 5.95. The van der Waals surface area contributed by atoms with E-state index in [9.17, 15) is 14.4 Å². The SMILES string of the molecule is Cc1ccccc1CC(=O)OCC(=O)NNC(=O)c1ccccc1. The van der Waals surface area contributed by atoms with E-state index in [0.29, 0.717) is 5.56 Å².